The van der Waals surface area contributed by atoms with E-state index in [0.29, 0.717) is 34.7 Å². The van der Waals surface area contributed by atoms with Crippen LogP contribution in [0.5, 0.6) is 0 Å². The number of hydrogen-bond donors (Lipinski definition) is 1. The molecule has 1 nitrogen and oxygen atoms in total. The summed E-state index contributed by atoms with van der Waals surface area (Å²) in [6.45, 7) is 14.6. The van der Waals surface area contributed by atoms with E-state index in [4.69, 9.17) is 0 Å². The Morgan fingerprint density at radius 1 is 0.957 bits per heavy atom. The fraction of sp³-hybridized carbons (Fsp3) is 0.909. The standard InChI is InChI=1S/C22H38O/c1-6-8-17-16(15-23)9-10-19-21(17,4)14-11-18-20(2,3)12-7-13-22(18,19)5/h6,16-19,23H,1,7-15H2,2-5H3/t16-,17-,18+,19+,21+,22+/m1/s1. The van der Waals surface area contributed by atoms with E-state index in [1.165, 1.54) is 44.9 Å². The molecule has 0 aromatic heterocycles. The van der Waals surface area contributed by atoms with E-state index in [0.717, 1.165) is 18.3 Å². The van der Waals surface area contributed by atoms with E-state index in [1.807, 2.05) is 0 Å². The third-order valence-electron chi connectivity index (χ3n) is 8.74. The number of rotatable bonds is 3. The van der Waals surface area contributed by atoms with Crippen LogP contribution < -0.4 is 0 Å². The molecule has 3 fully saturated rings. The summed E-state index contributed by atoms with van der Waals surface area (Å²) in [6, 6.07) is 0. The van der Waals surface area contributed by atoms with E-state index < -0.39 is 0 Å². The van der Waals surface area contributed by atoms with Gasteiger partial charge in [0.05, 0.1) is 0 Å². The van der Waals surface area contributed by atoms with Crippen molar-refractivity contribution in [1.82, 2.24) is 0 Å². The van der Waals surface area contributed by atoms with Gasteiger partial charge < -0.3 is 5.11 Å². The van der Waals surface area contributed by atoms with Crippen LogP contribution in [0.3, 0.4) is 0 Å². The first-order valence-electron chi connectivity index (χ1n) is 10.0. The lowest BCUT2D eigenvalue weighted by Crippen LogP contribution is -2.59. The zero-order valence-electron chi connectivity index (χ0n) is 15.9. The first-order valence-corrected chi connectivity index (χ1v) is 10.0. The van der Waals surface area contributed by atoms with Crippen LogP contribution in [-0.4, -0.2) is 11.7 Å². The molecule has 3 aliphatic rings. The molecule has 0 aliphatic heterocycles. The molecule has 0 radical (unpaired) electrons. The average molecular weight is 319 g/mol. The van der Waals surface area contributed by atoms with Gasteiger partial charge in [-0.2, -0.15) is 0 Å². The highest BCUT2D eigenvalue weighted by atomic mass is 16.3. The van der Waals surface area contributed by atoms with Crippen molar-refractivity contribution in [2.75, 3.05) is 6.61 Å². The lowest BCUT2D eigenvalue weighted by molar-refractivity contribution is -0.177. The maximum Gasteiger partial charge on any atom is 0.0462 e. The number of aliphatic hydroxyl groups excluding tert-OH is 1. The molecular weight excluding hydrogens is 280 g/mol. The molecule has 0 spiro atoms. The van der Waals surface area contributed by atoms with Crippen LogP contribution in [0.2, 0.25) is 0 Å². The molecular formula is C22H38O. The molecule has 1 heteroatoms. The van der Waals surface area contributed by atoms with Gasteiger partial charge in [0, 0.05) is 6.61 Å². The lowest BCUT2D eigenvalue weighted by Gasteiger charge is -2.66. The monoisotopic (exact) mass is 318 g/mol. The zero-order valence-corrected chi connectivity index (χ0v) is 15.9. The second-order valence-corrected chi connectivity index (χ2v) is 10.1. The van der Waals surface area contributed by atoms with Crippen LogP contribution in [0.1, 0.15) is 79.1 Å². The van der Waals surface area contributed by atoms with Crippen molar-refractivity contribution in [3.63, 3.8) is 0 Å². The first-order chi connectivity index (χ1) is 10.8. The summed E-state index contributed by atoms with van der Waals surface area (Å²) in [5, 5.41) is 9.94. The van der Waals surface area contributed by atoms with E-state index in [2.05, 4.69) is 40.3 Å². The molecule has 3 saturated carbocycles. The first kappa shape index (κ1) is 17.5. The normalized spacial score (nSPS) is 49.1. The molecule has 1 N–H and O–H groups in total. The lowest BCUT2D eigenvalue weighted by atomic mass is 9.38. The third-order valence-corrected chi connectivity index (χ3v) is 8.74. The molecule has 23 heavy (non-hydrogen) atoms. The minimum absolute atomic E-state index is 0.368. The third kappa shape index (κ3) is 2.53. The summed E-state index contributed by atoms with van der Waals surface area (Å²) in [6.07, 6.45) is 12.7. The van der Waals surface area contributed by atoms with E-state index in [9.17, 15) is 5.11 Å². The van der Waals surface area contributed by atoms with Gasteiger partial charge >= 0.3 is 0 Å². The summed E-state index contributed by atoms with van der Waals surface area (Å²) in [7, 11) is 0. The van der Waals surface area contributed by atoms with Crippen LogP contribution in [-0.2, 0) is 0 Å². The van der Waals surface area contributed by atoms with Crippen LogP contribution >= 0.6 is 0 Å². The van der Waals surface area contributed by atoms with Crippen molar-refractivity contribution in [1.29, 1.82) is 0 Å². The quantitative estimate of drug-likeness (QED) is 0.649. The van der Waals surface area contributed by atoms with E-state index in [1.54, 1.807) is 0 Å². The smallest absolute Gasteiger partial charge is 0.0462 e. The van der Waals surface area contributed by atoms with Crippen molar-refractivity contribution in [3.05, 3.63) is 12.7 Å². The van der Waals surface area contributed by atoms with Gasteiger partial charge in [-0.25, -0.2) is 0 Å². The van der Waals surface area contributed by atoms with Gasteiger partial charge in [-0.1, -0.05) is 40.2 Å². The van der Waals surface area contributed by atoms with Gasteiger partial charge in [0.25, 0.3) is 0 Å². The van der Waals surface area contributed by atoms with Gasteiger partial charge in [0.15, 0.2) is 0 Å². The fourth-order valence-corrected chi connectivity index (χ4v) is 7.77. The number of fused-ring (bicyclic) bond motifs is 3. The SMILES string of the molecule is C=CC[C@@H]1[C@@H](CO)CC[C@H]2[C@@]1(C)CC[C@H]1C(C)(C)CCC[C@]21C. The molecule has 3 aliphatic carbocycles. The predicted molar refractivity (Wildman–Crippen MR) is 98.2 cm³/mol. The van der Waals surface area contributed by atoms with Gasteiger partial charge in [0.1, 0.15) is 0 Å². The summed E-state index contributed by atoms with van der Waals surface area (Å²) < 4.78 is 0. The topological polar surface area (TPSA) is 20.2 Å². The van der Waals surface area contributed by atoms with Crippen molar-refractivity contribution in [3.8, 4) is 0 Å². The Bertz CT molecular complexity index is 453. The van der Waals surface area contributed by atoms with Crippen molar-refractivity contribution in [2.45, 2.75) is 79.1 Å². The molecule has 0 unspecified atom stereocenters. The van der Waals surface area contributed by atoms with Crippen LogP contribution in [0.4, 0.5) is 0 Å². The van der Waals surface area contributed by atoms with Crippen molar-refractivity contribution in [2.24, 2.45) is 39.9 Å². The minimum atomic E-state index is 0.368. The summed E-state index contributed by atoms with van der Waals surface area (Å²) >= 11 is 0. The molecule has 3 rings (SSSR count). The molecule has 0 bridgehead atoms. The molecule has 0 heterocycles. The molecule has 132 valence electrons. The van der Waals surface area contributed by atoms with E-state index in [-0.39, 0.29) is 0 Å². The van der Waals surface area contributed by atoms with Crippen LogP contribution in [0.25, 0.3) is 0 Å². The Labute approximate surface area is 143 Å². The summed E-state index contributed by atoms with van der Waals surface area (Å²) in [4.78, 5) is 0. The minimum Gasteiger partial charge on any atom is -0.396 e. The van der Waals surface area contributed by atoms with Gasteiger partial charge in [-0.3, -0.25) is 0 Å². The maximum absolute atomic E-state index is 9.94. The Hall–Kier alpha value is -0.300. The predicted octanol–water partition coefficient (Wildman–Crippen LogP) is 5.83. The second-order valence-electron chi connectivity index (χ2n) is 10.1. The maximum atomic E-state index is 9.94. The highest BCUT2D eigenvalue weighted by molar-refractivity contribution is 5.11. The van der Waals surface area contributed by atoms with Crippen molar-refractivity contribution >= 4 is 0 Å². The number of aliphatic hydroxyl groups is 1. The van der Waals surface area contributed by atoms with Gasteiger partial charge in [0.2, 0.25) is 0 Å². The summed E-state index contributed by atoms with van der Waals surface area (Å²) in [5.74, 6) is 2.84. The number of hydrogen-bond acceptors (Lipinski definition) is 1. The summed E-state index contributed by atoms with van der Waals surface area (Å²) in [5.41, 5.74) is 1.42. The van der Waals surface area contributed by atoms with Crippen molar-refractivity contribution < 1.29 is 5.11 Å². The second kappa shape index (κ2) is 5.90. The fourth-order valence-electron chi connectivity index (χ4n) is 7.77. The zero-order chi connectivity index (χ0) is 16.9. The van der Waals surface area contributed by atoms with Crippen LogP contribution in [0.15, 0.2) is 12.7 Å². The van der Waals surface area contributed by atoms with Crippen LogP contribution in [0, 0.1) is 39.9 Å². The van der Waals surface area contributed by atoms with E-state index >= 15 is 0 Å². The Balaban J connectivity index is 1.97. The Kier molecular flexibility index (Phi) is 4.49. The van der Waals surface area contributed by atoms with Gasteiger partial charge in [-0.15, -0.1) is 6.58 Å². The molecule has 0 aromatic carbocycles. The molecule has 0 aromatic rings. The molecule has 6 atom stereocenters. The Morgan fingerprint density at radius 3 is 2.35 bits per heavy atom. The average Bonchev–Trinajstić information content (AvgIpc) is 2.47. The highest BCUT2D eigenvalue weighted by Gasteiger charge is 2.61. The number of allylic oxidation sites excluding steroid dienone is 1. The molecule has 0 amide bonds. The van der Waals surface area contributed by atoms with Gasteiger partial charge in [-0.05, 0) is 84.9 Å². The highest BCUT2D eigenvalue weighted by Crippen LogP contribution is 2.69. The Morgan fingerprint density at radius 2 is 1.70 bits per heavy atom. The largest absolute Gasteiger partial charge is 0.396 e. The molecule has 0 saturated heterocycles.